The number of carbonyl (C=O) groups excluding carboxylic acids is 2. The highest BCUT2D eigenvalue weighted by molar-refractivity contribution is 6.30. The number of hydroxylamine groups is 1. The zero-order valence-corrected chi connectivity index (χ0v) is 15.4. The van der Waals surface area contributed by atoms with Gasteiger partial charge in [0.05, 0.1) is 16.5 Å². The van der Waals surface area contributed by atoms with Crippen molar-refractivity contribution in [3.8, 4) is 5.75 Å². The molecule has 9 heteroatoms. The van der Waals surface area contributed by atoms with Crippen molar-refractivity contribution in [3.05, 3.63) is 29.0 Å². The van der Waals surface area contributed by atoms with Crippen LogP contribution in [0, 0.1) is 11.2 Å². The number of nitrogens with one attached hydrogen (secondary N) is 3. The summed E-state index contributed by atoms with van der Waals surface area (Å²) < 4.78 is 18.7. The molecule has 0 radical (unpaired) electrons. The van der Waals surface area contributed by atoms with Crippen molar-refractivity contribution in [2.45, 2.75) is 37.3 Å². The predicted molar refractivity (Wildman–Crippen MR) is 94.6 cm³/mol. The Kier molecular flexibility index (Phi) is 4.73. The fourth-order valence-electron chi connectivity index (χ4n) is 4.20. The Hall–Kier alpha value is -1.90. The van der Waals surface area contributed by atoms with Gasteiger partial charge in [0.1, 0.15) is 11.6 Å². The van der Waals surface area contributed by atoms with Gasteiger partial charge in [0.25, 0.3) is 5.91 Å². The molecule has 1 saturated heterocycles. The van der Waals surface area contributed by atoms with Gasteiger partial charge in [0.2, 0.25) is 5.91 Å². The molecule has 1 aromatic carbocycles. The number of halogens is 2. The first-order valence-electron chi connectivity index (χ1n) is 8.96. The first-order valence-corrected chi connectivity index (χ1v) is 9.33. The van der Waals surface area contributed by atoms with Crippen LogP contribution in [0.2, 0.25) is 5.02 Å². The maximum Gasteiger partial charge on any atom is 0.258 e. The summed E-state index contributed by atoms with van der Waals surface area (Å²) in [5.74, 6) is -0.614. The largest absolute Gasteiger partial charge is 0.484 e. The summed E-state index contributed by atoms with van der Waals surface area (Å²) in [6.45, 7) is 1.08. The molecular formula is C18H21ClFN3O4. The fourth-order valence-corrected chi connectivity index (χ4v) is 4.32. The zero-order valence-electron chi connectivity index (χ0n) is 14.6. The quantitative estimate of drug-likeness (QED) is 0.645. The van der Waals surface area contributed by atoms with Crippen LogP contribution < -0.4 is 20.9 Å². The number of hydrogen-bond acceptors (Lipinski definition) is 5. The van der Waals surface area contributed by atoms with Crippen molar-refractivity contribution in [3.63, 3.8) is 0 Å². The van der Waals surface area contributed by atoms with Gasteiger partial charge in [0.15, 0.2) is 6.61 Å². The molecule has 27 heavy (non-hydrogen) atoms. The molecule has 2 bridgehead atoms. The maximum absolute atomic E-state index is 13.4. The van der Waals surface area contributed by atoms with Crippen LogP contribution >= 0.6 is 11.6 Å². The van der Waals surface area contributed by atoms with E-state index in [1.54, 1.807) is 0 Å². The Morgan fingerprint density at radius 1 is 1.37 bits per heavy atom. The average molecular weight is 398 g/mol. The van der Waals surface area contributed by atoms with Crippen LogP contribution in [-0.2, 0) is 14.4 Å². The van der Waals surface area contributed by atoms with Gasteiger partial charge in [-0.25, -0.2) is 9.87 Å². The van der Waals surface area contributed by atoms with Gasteiger partial charge < -0.3 is 15.4 Å². The molecule has 0 spiro atoms. The minimum atomic E-state index is -0.597. The van der Waals surface area contributed by atoms with Gasteiger partial charge in [-0.05, 0) is 37.8 Å². The van der Waals surface area contributed by atoms with Gasteiger partial charge in [0, 0.05) is 24.7 Å². The molecule has 146 valence electrons. The second-order valence-corrected chi connectivity index (χ2v) is 8.04. The molecule has 0 aromatic heterocycles. The number of rotatable bonds is 7. The molecular weight excluding hydrogens is 377 g/mol. The van der Waals surface area contributed by atoms with E-state index in [0.29, 0.717) is 25.8 Å². The lowest BCUT2D eigenvalue weighted by molar-refractivity contribution is -0.184. The van der Waals surface area contributed by atoms with E-state index in [1.807, 2.05) is 0 Å². The Morgan fingerprint density at radius 3 is 2.81 bits per heavy atom. The lowest BCUT2D eigenvalue weighted by Gasteiger charge is -2.69. The molecule has 1 aromatic rings. The third-order valence-electron chi connectivity index (χ3n) is 5.49. The smallest absolute Gasteiger partial charge is 0.258 e. The number of carbonyl (C=O) groups is 2. The van der Waals surface area contributed by atoms with Gasteiger partial charge in [-0.2, -0.15) is 0 Å². The van der Waals surface area contributed by atoms with E-state index >= 15 is 0 Å². The maximum atomic E-state index is 13.4. The van der Waals surface area contributed by atoms with Crippen molar-refractivity contribution < 1.29 is 23.6 Å². The van der Waals surface area contributed by atoms with Crippen molar-refractivity contribution in [2.24, 2.45) is 5.41 Å². The molecule has 3 aliphatic carbocycles. The summed E-state index contributed by atoms with van der Waals surface area (Å²) in [5, 5.41) is 5.88. The van der Waals surface area contributed by atoms with Crippen molar-refractivity contribution >= 4 is 23.4 Å². The summed E-state index contributed by atoms with van der Waals surface area (Å²) in [6.07, 6.45) is 2.81. The first kappa shape index (κ1) is 18.5. The summed E-state index contributed by atoms with van der Waals surface area (Å²) in [7, 11) is 0. The van der Waals surface area contributed by atoms with E-state index in [-0.39, 0.29) is 46.3 Å². The van der Waals surface area contributed by atoms with Crippen LogP contribution in [0.1, 0.15) is 25.7 Å². The fraction of sp³-hybridized carbons (Fsp3) is 0.556. The Bertz CT molecular complexity index is 749. The molecule has 1 heterocycles. The van der Waals surface area contributed by atoms with Crippen LogP contribution in [0.25, 0.3) is 0 Å². The van der Waals surface area contributed by atoms with Gasteiger partial charge in [-0.1, -0.05) is 11.6 Å². The molecule has 1 atom stereocenters. The van der Waals surface area contributed by atoms with Crippen molar-refractivity contribution in [1.29, 1.82) is 0 Å². The van der Waals surface area contributed by atoms with Gasteiger partial charge in [-0.15, -0.1) is 0 Å². The topological polar surface area (TPSA) is 88.7 Å². The number of amides is 2. The van der Waals surface area contributed by atoms with Crippen LogP contribution in [0.3, 0.4) is 0 Å². The Balaban J connectivity index is 1.19. The molecule has 1 aliphatic heterocycles. The molecule has 5 rings (SSSR count). The molecule has 4 fully saturated rings. The van der Waals surface area contributed by atoms with Crippen LogP contribution in [-0.4, -0.2) is 43.2 Å². The summed E-state index contributed by atoms with van der Waals surface area (Å²) in [5.41, 5.74) is 2.12. The monoisotopic (exact) mass is 397 g/mol. The number of benzene rings is 1. The highest BCUT2D eigenvalue weighted by Gasteiger charge is 2.72. The Labute approximate surface area is 160 Å². The molecule has 3 N–H and O–H groups in total. The minimum Gasteiger partial charge on any atom is -0.484 e. The van der Waals surface area contributed by atoms with Crippen molar-refractivity contribution in [1.82, 2.24) is 16.1 Å². The molecule has 1 unspecified atom stereocenters. The summed E-state index contributed by atoms with van der Waals surface area (Å²) in [6, 6.07) is 4.02. The van der Waals surface area contributed by atoms with Crippen molar-refractivity contribution in [2.75, 3.05) is 19.7 Å². The predicted octanol–water partition coefficient (Wildman–Crippen LogP) is 1.31. The van der Waals surface area contributed by atoms with E-state index in [9.17, 15) is 14.0 Å². The van der Waals surface area contributed by atoms with Crippen LogP contribution in [0.15, 0.2) is 18.2 Å². The normalized spacial score (nSPS) is 30.8. The van der Waals surface area contributed by atoms with E-state index in [4.69, 9.17) is 21.2 Å². The molecule has 7 nitrogen and oxygen atoms in total. The van der Waals surface area contributed by atoms with Gasteiger partial charge >= 0.3 is 0 Å². The molecule has 4 aliphatic rings. The average Bonchev–Trinajstić information content (AvgIpc) is 3.09. The highest BCUT2D eigenvalue weighted by atomic mass is 35.5. The minimum absolute atomic E-state index is 0.000000419. The second kappa shape index (κ2) is 6.92. The SMILES string of the molecule is O=C(COc1ccc(Cl)c(F)c1)NC12CC(C(=O)NCC3CCNO3)(C1)C2. The Morgan fingerprint density at radius 2 is 2.15 bits per heavy atom. The van der Waals surface area contributed by atoms with Crippen LogP contribution in [0.5, 0.6) is 5.75 Å². The molecule has 3 saturated carbocycles. The third kappa shape index (κ3) is 3.61. The number of ether oxygens (including phenoxy) is 1. The lowest BCUT2D eigenvalue weighted by Crippen LogP contribution is -2.78. The molecule has 2 amide bonds. The summed E-state index contributed by atoms with van der Waals surface area (Å²) >= 11 is 5.61. The van der Waals surface area contributed by atoms with E-state index in [2.05, 4.69) is 16.1 Å². The third-order valence-corrected chi connectivity index (χ3v) is 5.79. The number of hydrogen-bond donors (Lipinski definition) is 3. The summed E-state index contributed by atoms with van der Waals surface area (Å²) in [4.78, 5) is 29.7. The first-order chi connectivity index (χ1) is 12.9. The lowest BCUT2D eigenvalue weighted by atomic mass is 9.39. The van der Waals surface area contributed by atoms with E-state index < -0.39 is 5.82 Å². The van der Waals surface area contributed by atoms with E-state index in [0.717, 1.165) is 19.0 Å². The standard InChI is InChI=1S/C18H21ClFN3O4/c19-13-2-1-11(5-14(13)20)26-7-15(24)23-18-8-17(9-18,10-18)16(25)21-6-12-3-4-22-27-12/h1-2,5,12,22H,3-4,6-10H2,(H,21,25)(H,23,24). The zero-order chi connectivity index (χ0) is 19.1. The van der Waals surface area contributed by atoms with Crippen LogP contribution in [0.4, 0.5) is 4.39 Å². The highest BCUT2D eigenvalue weighted by Crippen LogP contribution is 2.67. The van der Waals surface area contributed by atoms with E-state index in [1.165, 1.54) is 12.1 Å². The second-order valence-electron chi connectivity index (χ2n) is 7.64. The van der Waals surface area contributed by atoms with Gasteiger partial charge in [-0.3, -0.25) is 14.4 Å².